The van der Waals surface area contributed by atoms with Crippen molar-refractivity contribution in [3.8, 4) is 11.3 Å². The molecule has 0 fully saturated rings. The van der Waals surface area contributed by atoms with Gasteiger partial charge in [-0.15, -0.1) is 0 Å². The van der Waals surface area contributed by atoms with E-state index in [1.807, 2.05) is 6.07 Å². The Morgan fingerprint density at radius 1 is 1.08 bits per heavy atom. The van der Waals surface area contributed by atoms with Crippen molar-refractivity contribution in [2.24, 2.45) is 0 Å². The second kappa shape index (κ2) is 2.33. The van der Waals surface area contributed by atoms with Gasteiger partial charge in [0.25, 0.3) is 0 Å². The van der Waals surface area contributed by atoms with E-state index in [0.29, 0.717) is 0 Å². The molecule has 1 N–H and O–H groups in total. The number of H-pyrrole nitrogens is 1. The predicted molar refractivity (Wildman–Crippen MR) is 52.7 cm³/mol. The summed E-state index contributed by atoms with van der Waals surface area (Å²) in [5, 5.41) is 9.53. The van der Waals surface area contributed by atoms with E-state index < -0.39 is 0 Å². The molecule has 0 aromatic heterocycles. The Labute approximate surface area is 75.5 Å². The van der Waals surface area contributed by atoms with Crippen LogP contribution in [0, 0.1) is 0 Å². The molecule has 1 aliphatic carbocycles. The highest BCUT2D eigenvalue weighted by Crippen LogP contribution is 2.31. The Balaban J connectivity index is 2.56. The second-order valence-electron chi connectivity index (χ2n) is 3.12. The normalized spacial score (nSPS) is 11.1. The molecule has 1 heterocycles. The summed E-state index contributed by atoms with van der Waals surface area (Å²) >= 11 is 0. The molecule has 1 aliphatic heterocycles. The zero-order valence-electron chi connectivity index (χ0n) is 6.99. The minimum absolute atomic E-state index is 1.10. The molecule has 3 rings (SSSR count). The zero-order chi connectivity index (χ0) is 8.67. The largest absolute Gasteiger partial charge is 0.278 e. The standard InChI is InChI=1S/C11H8N2/c1-2-4-9-8(3-1)7-11-10(9)5-6-12-13-11/h1-7,13H. The molecule has 1 aromatic rings. The molecule has 0 bridgehead atoms. The van der Waals surface area contributed by atoms with Gasteiger partial charge < -0.3 is 0 Å². The van der Waals surface area contributed by atoms with Crippen molar-refractivity contribution in [2.75, 3.05) is 0 Å². The monoisotopic (exact) mass is 168 g/mol. The first kappa shape index (κ1) is 6.66. The summed E-state index contributed by atoms with van der Waals surface area (Å²) in [5.74, 6) is 0. The number of aromatic amines is 1. The Morgan fingerprint density at radius 2 is 2.00 bits per heavy atom. The molecule has 62 valence electrons. The minimum atomic E-state index is 1.10. The highest BCUT2D eigenvalue weighted by Gasteiger charge is 2.07. The summed E-state index contributed by atoms with van der Waals surface area (Å²) in [6.07, 6.45) is 1.79. The topological polar surface area (TPSA) is 28.7 Å². The SMILES string of the molecule is c1ccc2c3ccn[nH]c-3cc2c1. The summed E-state index contributed by atoms with van der Waals surface area (Å²) in [7, 11) is 0. The van der Waals surface area contributed by atoms with E-state index in [1.54, 1.807) is 6.20 Å². The third-order valence-electron chi connectivity index (χ3n) is 2.34. The molecule has 0 atom stereocenters. The number of nitrogens with one attached hydrogen (secondary N) is 1. The third-order valence-corrected chi connectivity index (χ3v) is 2.34. The lowest BCUT2D eigenvalue weighted by Crippen LogP contribution is -1.82. The van der Waals surface area contributed by atoms with Crippen LogP contribution in [0.1, 0.15) is 0 Å². The maximum Gasteiger partial charge on any atom is 0.0647 e. The number of rotatable bonds is 0. The van der Waals surface area contributed by atoms with E-state index in [1.165, 1.54) is 16.3 Å². The molecule has 0 spiro atoms. The van der Waals surface area contributed by atoms with Crippen LogP contribution in [0.3, 0.4) is 0 Å². The fraction of sp³-hybridized carbons (Fsp3) is 0. The molecule has 0 unspecified atom stereocenters. The van der Waals surface area contributed by atoms with Gasteiger partial charge in [-0.2, -0.15) is 5.10 Å². The smallest absolute Gasteiger partial charge is 0.0647 e. The molecule has 0 amide bonds. The number of hydrogen-bond acceptors (Lipinski definition) is 1. The molecule has 0 saturated heterocycles. The Morgan fingerprint density at radius 3 is 3.00 bits per heavy atom. The van der Waals surface area contributed by atoms with Gasteiger partial charge in [0.2, 0.25) is 0 Å². The van der Waals surface area contributed by atoms with Crippen LogP contribution in [0.2, 0.25) is 0 Å². The van der Waals surface area contributed by atoms with Crippen molar-refractivity contribution in [1.29, 1.82) is 0 Å². The van der Waals surface area contributed by atoms with Crippen LogP contribution in [0.5, 0.6) is 0 Å². The number of hydrogen-bond donors (Lipinski definition) is 1. The Bertz CT molecular complexity index is 525. The molecule has 0 saturated carbocycles. The molecule has 13 heavy (non-hydrogen) atoms. The molecule has 2 nitrogen and oxygen atoms in total. The predicted octanol–water partition coefficient (Wildman–Crippen LogP) is 2.67. The fourth-order valence-corrected chi connectivity index (χ4v) is 1.74. The van der Waals surface area contributed by atoms with Gasteiger partial charge in [0.1, 0.15) is 0 Å². The summed E-state index contributed by atoms with van der Waals surface area (Å²) in [4.78, 5) is 0. The average molecular weight is 168 g/mol. The van der Waals surface area contributed by atoms with E-state index in [0.717, 1.165) is 5.69 Å². The van der Waals surface area contributed by atoms with E-state index in [4.69, 9.17) is 0 Å². The van der Waals surface area contributed by atoms with Gasteiger partial charge >= 0.3 is 0 Å². The van der Waals surface area contributed by atoms with Crippen LogP contribution in [0.15, 0.2) is 42.6 Å². The number of nitrogens with zero attached hydrogens (tertiary/aromatic N) is 1. The summed E-state index contributed by atoms with van der Waals surface area (Å²) < 4.78 is 0. The van der Waals surface area contributed by atoms with Crippen LogP contribution in [-0.2, 0) is 0 Å². The van der Waals surface area contributed by atoms with Gasteiger partial charge in [-0.05, 0) is 22.9 Å². The molecular weight excluding hydrogens is 160 g/mol. The maximum absolute atomic E-state index is 3.98. The summed E-state index contributed by atoms with van der Waals surface area (Å²) in [6.45, 7) is 0. The molecular formula is C11H8N2. The maximum atomic E-state index is 3.98. The van der Waals surface area contributed by atoms with Crippen LogP contribution in [-0.4, -0.2) is 10.2 Å². The first-order chi connectivity index (χ1) is 6.45. The van der Waals surface area contributed by atoms with Gasteiger partial charge in [0.05, 0.1) is 5.69 Å². The lowest BCUT2D eigenvalue weighted by atomic mass is 10.1. The molecule has 1 aromatic carbocycles. The number of benzene rings is 1. The van der Waals surface area contributed by atoms with Crippen LogP contribution in [0.4, 0.5) is 0 Å². The molecule has 2 heteroatoms. The van der Waals surface area contributed by atoms with Crippen molar-refractivity contribution in [1.82, 2.24) is 10.2 Å². The fourth-order valence-electron chi connectivity index (χ4n) is 1.74. The molecule has 2 aliphatic rings. The van der Waals surface area contributed by atoms with Gasteiger partial charge in [0.15, 0.2) is 0 Å². The van der Waals surface area contributed by atoms with E-state index in [-0.39, 0.29) is 0 Å². The minimum Gasteiger partial charge on any atom is -0.278 e. The number of fused-ring (bicyclic) bond motifs is 3. The Kier molecular flexibility index (Phi) is 1.19. The van der Waals surface area contributed by atoms with E-state index in [9.17, 15) is 0 Å². The van der Waals surface area contributed by atoms with Crippen molar-refractivity contribution in [3.05, 3.63) is 42.6 Å². The summed E-state index contributed by atoms with van der Waals surface area (Å²) in [6, 6.07) is 12.5. The first-order valence-corrected chi connectivity index (χ1v) is 4.26. The van der Waals surface area contributed by atoms with E-state index in [2.05, 4.69) is 40.5 Å². The summed E-state index contributed by atoms with van der Waals surface area (Å²) in [5.41, 5.74) is 2.34. The molecule has 0 radical (unpaired) electrons. The van der Waals surface area contributed by atoms with E-state index >= 15 is 0 Å². The van der Waals surface area contributed by atoms with Crippen LogP contribution < -0.4 is 0 Å². The van der Waals surface area contributed by atoms with Crippen molar-refractivity contribution >= 4 is 10.8 Å². The zero-order valence-corrected chi connectivity index (χ0v) is 6.99. The second-order valence-corrected chi connectivity index (χ2v) is 3.12. The lowest BCUT2D eigenvalue weighted by Gasteiger charge is -1.96. The van der Waals surface area contributed by atoms with Gasteiger partial charge in [0, 0.05) is 11.8 Å². The highest BCUT2D eigenvalue weighted by molar-refractivity contribution is 6.00. The van der Waals surface area contributed by atoms with Gasteiger partial charge in [-0.1, -0.05) is 24.3 Å². The van der Waals surface area contributed by atoms with Gasteiger partial charge in [-0.25, -0.2) is 0 Å². The lowest BCUT2D eigenvalue weighted by molar-refractivity contribution is 1.04. The first-order valence-electron chi connectivity index (χ1n) is 4.26. The third kappa shape index (κ3) is 0.855. The van der Waals surface area contributed by atoms with Gasteiger partial charge in [-0.3, -0.25) is 5.10 Å². The average Bonchev–Trinajstić information content (AvgIpc) is 2.56. The quantitative estimate of drug-likeness (QED) is 0.549. The van der Waals surface area contributed by atoms with Crippen molar-refractivity contribution in [3.63, 3.8) is 0 Å². The van der Waals surface area contributed by atoms with Crippen LogP contribution >= 0.6 is 0 Å². The van der Waals surface area contributed by atoms with Crippen LogP contribution in [0.25, 0.3) is 22.0 Å². The van der Waals surface area contributed by atoms with Crippen molar-refractivity contribution < 1.29 is 0 Å². The highest BCUT2D eigenvalue weighted by atomic mass is 15.1. The Hall–Kier alpha value is -1.83. The van der Waals surface area contributed by atoms with Crippen molar-refractivity contribution in [2.45, 2.75) is 0 Å². The number of aromatic nitrogens is 2.